The molecule has 1 N–H and O–H groups in total. The van der Waals surface area contributed by atoms with Crippen molar-refractivity contribution in [2.24, 2.45) is 5.10 Å². The smallest absolute Gasteiger partial charge is 0.204 e. The number of nitrogens with zero attached hydrogens (tertiary/aromatic N) is 3. The maximum Gasteiger partial charge on any atom is 0.204 e. The average Bonchev–Trinajstić information content (AvgIpc) is 3.15. The van der Waals surface area contributed by atoms with Gasteiger partial charge in [-0.1, -0.05) is 30.3 Å². The first-order valence-electron chi connectivity index (χ1n) is 6.47. The summed E-state index contributed by atoms with van der Waals surface area (Å²) in [4.78, 5) is 10.0. The maximum absolute atomic E-state index is 4.62. The van der Waals surface area contributed by atoms with E-state index in [1.54, 1.807) is 28.9 Å². The topological polar surface area (TPSA) is 50.2 Å². The lowest BCUT2D eigenvalue weighted by atomic mass is 10.1. The maximum atomic E-state index is 4.62. The Morgan fingerprint density at radius 3 is 2.76 bits per heavy atom. The highest BCUT2D eigenvalue weighted by atomic mass is 32.1. The molecule has 3 rings (SSSR count). The van der Waals surface area contributed by atoms with Crippen molar-refractivity contribution < 1.29 is 0 Å². The van der Waals surface area contributed by atoms with Crippen molar-refractivity contribution in [1.82, 2.24) is 9.97 Å². The van der Waals surface area contributed by atoms with Crippen LogP contribution in [0.15, 0.2) is 47.0 Å². The number of hydrogen-bond donors (Lipinski definition) is 1. The van der Waals surface area contributed by atoms with Gasteiger partial charge in [0.2, 0.25) is 5.13 Å². The van der Waals surface area contributed by atoms with Crippen molar-refractivity contribution in [3.05, 3.63) is 51.8 Å². The summed E-state index contributed by atoms with van der Waals surface area (Å²) in [5.41, 5.74) is 6.02. The molecule has 0 aliphatic rings. The first kappa shape index (κ1) is 13.9. The summed E-state index contributed by atoms with van der Waals surface area (Å²) in [6, 6.07) is 10.2. The highest BCUT2D eigenvalue weighted by molar-refractivity contribution is 7.16. The van der Waals surface area contributed by atoms with Gasteiger partial charge in [-0.3, -0.25) is 5.43 Å². The largest absolute Gasteiger partial charge is 0.252 e. The third kappa shape index (κ3) is 3.17. The standard InChI is InChI=1S/C15H14N4S2/c1-10(14-16-8-9-20-14)18-19-15-17-13(11(2)21-15)12-6-4-3-5-7-12/h3-9H,1-2H3,(H,17,19)/b18-10+. The minimum absolute atomic E-state index is 0.794. The van der Waals surface area contributed by atoms with Gasteiger partial charge in [-0.05, 0) is 13.8 Å². The van der Waals surface area contributed by atoms with Crippen LogP contribution in [0.4, 0.5) is 5.13 Å². The van der Waals surface area contributed by atoms with Crippen LogP contribution in [0.25, 0.3) is 11.3 Å². The zero-order chi connectivity index (χ0) is 14.7. The van der Waals surface area contributed by atoms with Crippen LogP contribution >= 0.6 is 22.7 Å². The first-order chi connectivity index (χ1) is 10.2. The van der Waals surface area contributed by atoms with E-state index in [4.69, 9.17) is 0 Å². The molecule has 1 aromatic carbocycles. The molecule has 0 aliphatic carbocycles. The number of hydrogen-bond acceptors (Lipinski definition) is 6. The Hall–Kier alpha value is -2.05. The summed E-state index contributed by atoms with van der Waals surface area (Å²) in [5.74, 6) is 0. The van der Waals surface area contributed by atoms with E-state index in [0.717, 1.165) is 27.1 Å². The summed E-state index contributed by atoms with van der Waals surface area (Å²) in [6.45, 7) is 4.01. The van der Waals surface area contributed by atoms with Crippen molar-refractivity contribution >= 4 is 33.5 Å². The van der Waals surface area contributed by atoms with Gasteiger partial charge in [0, 0.05) is 22.0 Å². The summed E-state index contributed by atoms with van der Waals surface area (Å²) < 4.78 is 0. The highest BCUT2D eigenvalue weighted by Gasteiger charge is 2.09. The van der Waals surface area contributed by atoms with E-state index in [1.807, 2.05) is 30.5 Å². The predicted octanol–water partition coefficient (Wildman–Crippen LogP) is 4.41. The Morgan fingerprint density at radius 1 is 1.24 bits per heavy atom. The monoisotopic (exact) mass is 314 g/mol. The fourth-order valence-corrected chi connectivity index (χ4v) is 3.26. The lowest BCUT2D eigenvalue weighted by Gasteiger charge is -1.97. The minimum atomic E-state index is 0.794. The molecule has 0 fully saturated rings. The highest BCUT2D eigenvalue weighted by Crippen LogP contribution is 2.30. The van der Waals surface area contributed by atoms with Gasteiger partial charge in [0.25, 0.3) is 0 Å². The third-order valence-corrected chi connectivity index (χ3v) is 4.66. The molecule has 4 nitrogen and oxygen atoms in total. The van der Waals surface area contributed by atoms with E-state index in [0.29, 0.717) is 0 Å². The molecule has 3 aromatic rings. The fourth-order valence-electron chi connectivity index (χ4n) is 1.89. The van der Waals surface area contributed by atoms with Crippen molar-refractivity contribution in [3.8, 4) is 11.3 Å². The fraction of sp³-hybridized carbons (Fsp3) is 0.133. The van der Waals surface area contributed by atoms with Gasteiger partial charge >= 0.3 is 0 Å². The number of rotatable bonds is 4. The van der Waals surface area contributed by atoms with Crippen molar-refractivity contribution in [2.75, 3.05) is 5.43 Å². The van der Waals surface area contributed by atoms with Gasteiger partial charge in [0.1, 0.15) is 5.01 Å². The molecule has 106 valence electrons. The van der Waals surface area contributed by atoms with E-state index in [2.05, 4.69) is 39.6 Å². The van der Waals surface area contributed by atoms with E-state index < -0.39 is 0 Å². The van der Waals surface area contributed by atoms with Crippen LogP contribution in [0.2, 0.25) is 0 Å². The van der Waals surface area contributed by atoms with E-state index in [-0.39, 0.29) is 0 Å². The predicted molar refractivity (Wildman–Crippen MR) is 90.2 cm³/mol. The minimum Gasteiger partial charge on any atom is -0.252 e. The number of hydrazone groups is 1. The number of benzene rings is 1. The molecule has 0 amide bonds. The molecule has 0 unspecified atom stereocenters. The Labute approximate surface area is 131 Å². The molecular weight excluding hydrogens is 300 g/mol. The summed E-state index contributed by atoms with van der Waals surface area (Å²) in [6.07, 6.45) is 1.78. The molecule has 2 aromatic heterocycles. The van der Waals surface area contributed by atoms with Crippen LogP contribution in [0.5, 0.6) is 0 Å². The molecule has 2 heterocycles. The number of nitrogens with one attached hydrogen (secondary N) is 1. The van der Waals surface area contributed by atoms with Gasteiger partial charge in [0.15, 0.2) is 0 Å². The lowest BCUT2D eigenvalue weighted by Crippen LogP contribution is -1.98. The molecule has 0 bridgehead atoms. The van der Waals surface area contributed by atoms with E-state index in [9.17, 15) is 0 Å². The van der Waals surface area contributed by atoms with Crippen LogP contribution in [-0.2, 0) is 0 Å². The SMILES string of the molecule is C/C(=N\Nc1nc(-c2ccccc2)c(C)s1)c1nccs1. The molecule has 21 heavy (non-hydrogen) atoms. The molecule has 0 radical (unpaired) electrons. The second-order valence-electron chi connectivity index (χ2n) is 4.44. The Morgan fingerprint density at radius 2 is 2.05 bits per heavy atom. The molecule has 0 aliphatic heterocycles. The Bertz CT molecular complexity index is 745. The molecule has 0 saturated carbocycles. The average molecular weight is 314 g/mol. The second-order valence-corrected chi connectivity index (χ2v) is 6.53. The van der Waals surface area contributed by atoms with Crippen LogP contribution < -0.4 is 5.43 Å². The summed E-state index contributed by atoms with van der Waals surface area (Å²) in [5, 5.41) is 8.00. The second kappa shape index (κ2) is 6.15. The van der Waals surface area contributed by atoms with Crippen LogP contribution in [0.1, 0.15) is 16.8 Å². The van der Waals surface area contributed by atoms with Crippen LogP contribution in [0, 0.1) is 6.92 Å². The number of aryl methyl sites for hydroxylation is 1. The third-order valence-electron chi connectivity index (χ3n) is 2.90. The summed E-state index contributed by atoms with van der Waals surface area (Å²) in [7, 11) is 0. The normalized spacial score (nSPS) is 11.6. The van der Waals surface area contributed by atoms with E-state index in [1.165, 1.54) is 4.88 Å². The molecule has 6 heteroatoms. The Kier molecular flexibility index (Phi) is 4.08. The van der Waals surface area contributed by atoms with Crippen molar-refractivity contribution in [3.63, 3.8) is 0 Å². The van der Waals surface area contributed by atoms with Crippen LogP contribution in [-0.4, -0.2) is 15.7 Å². The first-order valence-corrected chi connectivity index (χ1v) is 8.16. The summed E-state index contributed by atoms with van der Waals surface area (Å²) >= 11 is 3.17. The molecule has 0 saturated heterocycles. The zero-order valence-electron chi connectivity index (χ0n) is 11.7. The number of thiazole rings is 2. The van der Waals surface area contributed by atoms with Gasteiger partial charge in [-0.2, -0.15) is 5.10 Å². The molecule has 0 atom stereocenters. The van der Waals surface area contributed by atoms with Crippen molar-refractivity contribution in [1.29, 1.82) is 0 Å². The quantitative estimate of drug-likeness (QED) is 0.573. The van der Waals surface area contributed by atoms with Gasteiger partial charge in [-0.25, -0.2) is 9.97 Å². The lowest BCUT2D eigenvalue weighted by molar-refractivity contribution is 1.26. The molecule has 0 spiro atoms. The van der Waals surface area contributed by atoms with Gasteiger partial charge < -0.3 is 0 Å². The molecular formula is C15H14N4S2. The van der Waals surface area contributed by atoms with Gasteiger partial charge in [-0.15, -0.1) is 22.7 Å². The zero-order valence-corrected chi connectivity index (χ0v) is 13.3. The van der Waals surface area contributed by atoms with Crippen LogP contribution in [0.3, 0.4) is 0 Å². The van der Waals surface area contributed by atoms with Gasteiger partial charge in [0.05, 0.1) is 11.4 Å². The van der Waals surface area contributed by atoms with Crippen molar-refractivity contribution in [2.45, 2.75) is 13.8 Å². The number of aromatic nitrogens is 2. The number of anilines is 1. The van der Waals surface area contributed by atoms with E-state index >= 15 is 0 Å². The Balaban J connectivity index is 1.80.